The van der Waals surface area contributed by atoms with E-state index in [1.54, 1.807) is 0 Å². The Bertz CT molecular complexity index is 495. The number of aryl methyl sites for hydroxylation is 1. The highest BCUT2D eigenvalue weighted by Gasteiger charge is 2.10. The van der Waals surface area contributed by atoms with E-state index in [4.69, 9.17) is 27.9 Å². The van der Waals surface area contributed by atoms with E-state index < -0.39 is 0 Å². The summed E-state index contributed by atoms with van der Waals surface area (Å²) in [6.07, 6.45) is 2.13. The fourth-order valence-corrected chi connectivity index (χ4v) is 2.80. The summed E-state index contributed by atoms with van der Waals surface area (Å²) in [7, 11) is 6.25. The lowest BCUT2D eigenvalue weighted by molar-refractivity contribution is -0.870. The normalized spacial score (nSPS) is 11.4. The molecule has 0 spiro atoms. The van der Waals surface area contributed by atoms with Crippen LogP contribution in [-0.4, -0.2) is 69.6 Å². The number of alkyl halides is 2. The van der Waals surface area contributed by atoms with E-state index in [9.17, 15) is 4.79 Å². The van der Waals surface area contributed by atoms with Gasteiger partial charge < -0.3 is 14.1 Å². The first kappa shape index (κ1) is 22.1. The molecule has 0 aliphatic heterocycles. The van der Waals surface area contributed by atoms with Crippen molar-refractivity contribution in [1.82, 2.24) is 0 Å². The summed E-state index contributed by atoms with van der Waals surface area (Å²) in [4.78, 5) is 13.9. The molecule has 6 heteroatoms. The van der Waals surface area contributed by atoms with Gasteiger partial charge in [-0.25, -0.2) is 0 Å². The highest BCUT2D eigenvalue weighted by atomic mass is 35.5. The van der Waals surface area contributed by atoms with Crippen molar-refractivity contribution in [1.29, 1.82) is 0 Å². The monoisotopic (exact) mass is 389 g/mol. The van der Waals surface area contributed by atoms with Gasteiger partial charge in [0.15, 0.2) is 0 Å². The predicted octanol–water partition coefficient (Wildman–Crippen LogP) is 3.54. The van der Waals surface area contributed by atoms with E-state index in [1.165, 1.54) is 5.56 Å². The van der Waals surface area contributed by atoms with E-state index in [2.05, 4.69) is 50.3 Å². The number of quaternary nitrogens is 1. The van der Waals surface area contributed by atoms with E-state index in [1.807, 2.05) is 0 Å². The topological polar surface area (TPSA) is 29.5 Å². The number of hydrogen-bond acceptors (Lipinski definition) is 3. The molecule has 0 bridgehead atoms. The lowest BCUT2D eigenvalue weighted by Crippen LogP contribution is -2.38. The van der Waals surface area contributed by atoms with E-state index in [-0.39, 0.29) is 5.97 Å². The standard InChI is InChI=1S/C19H31Cl2N2O2/c1-23(2,3)15-16-25-19(24)6-4-5-17-7-9-18(10-8-17)22(13-11-20)14-12-21/h7-10H,4-6,11-16H2,1-3H3/q+1. The number of likely N-dealkylation sites (N-methyl/N-ethyl adjacent to an activating group) is 1. The number of nitrogens with zero attached hydrogens (tertiary/aromatic N) is 2. The summed E-state index contributed by atoms with van der Waals surface area (Å²) in [6.45, 7) is 2.88. The van der Waals surface area contributed by atoms with Crippen molar-refractivity contribution in [2.45, 2.75) is 19.3 Å². The Labute approximate surface area is 162 Å². The first-order chi connectivity index (χ1) is 11.9. The van der Waals surface area contributed by atoms with Crippen LogP contribution in [0.15, 0.2) is 24.3 Å². The van der Waals surface area contributed by atoms with E-state index in [0.717, 1.165) is 42.6 Å². The third-order valence-corrected chi connectivity index (χ3v) is 4.22. The van der Waals surface area contributed by atoms with Crippen molar-refractivity contribution in [3.8, 4) is 0 Å². The summed E-state index contributed by atoms with van der Waals surface area (Å²) in [6, 6.07) is 8.39. The van der Waals surface area contributed by atoms with Crippen LogP contribution in [0.3, 0.4) is 0 Å². The van der Waals surface area contributed by atoms with Gasteiger partial charge in [0.2, 0.25) is 0 Å². The van der Waals surface area contributed by atoms with Gasteiger partial charge in [-0.1, -0.05) is 12.1 Å². The molecular weight excluding hydrogens is 359 g/mol. The van der Waals surface area contributed by atoms with Crippen LogP contribution in [0, 0.1) is 0 Å². The van der Waals surface area contributed by atoms with Crippen molar-refractivity contribution in [3.05, 3.63) is 29.8 Å². The number of carbonyl (C=O) groups excluding carboxylic acids is 1. The number of ether oxygens (including phenoxy) is 1. The SMILES string of the molecule is C[N+](C)(C)CCOC(=O)CCCc1ccc(N(CCCl)CCCl)cc1. The zero-order valence-electron chi connectivity index (χ0n) is 15.6. The smallest absolute Gasteiger partial charge is 0.306 e. The molecule has 0 saturated carbocycles. The highest BCUT2D eigenvalue weighted by molar-refractivity contribution is 6.18. The fraction of sp³-hybridized carbons (Fsp3) is 0.632. The van der Waals surface area contributed by atoms with Gasteiger partial charge in [0.25, 0.3) is 0 Å². The molecule has 142 valence electrons. The number of rotatable bonds is 12. The van der Waals surface area contributed by atoms with Crippen LogP contribution >= 0.6 is 23.2 Å². The summed E-state index contributed by atoms with van der Waals surface area (Å²) >= 11 is 11.7. The van der Waals surface area contributed by atoms with Gasteiger partial charge in [0, 0.05) is 37.0 Å². The second-order valence-corrected chi connectivity index (χ2v) is 7.88. The minimum atomic E-state index is -0.111. The molecule has 0 saturated heterocycles. The van der Waals surface area contributed by atoms with Crippen LogP contribution in [0.2, 0.25) is 0 Å². The molecule has 0 N–H and O–H groups in total. The number of benzene rings is 1. The molecule has 0 atom stereocenters. The van der Waals surface area contributed by atoms with Crippen LogP contribution in [-0.2, 0) is 16.0 Å². The second-order valence-electron chi connectivity index (χ2n) is 7.12. The number of halogens is 2. The Balaban J connectivity index is 2.34. The average Bonchev–Trinajstić information content (AvgIpc) is 2.54. The Hall–Kier alpha value is -0.970. The number of esters is 1. The van der Waals surface area contributed by atoms with Gasteiger partial charge in [-0.3, -0.25) is 4.79 Å². The van der Waals surface area contributed by atoms with Gasteiger partial charge in [-0.15, -0.1) is 23.2 Å². The van der Waals surface area contributed by atoms with E-state index >= 15 is 0 Å². The molecule has 0 radical (unpaired) electrons. The maximum absolute atomic E-state index is 11.7. The van der Waals surface area contributed by atoms with Crippen LogP contribution < -0.4 is 4.90 Å². The maximum Gasteiger partial charge on any atom is 0.306 e. The lowest BCUT2D eigenvalue weighted by Gasteiger charge is -2.23. The quantitative estimate of drug-likeness (QED) is 0.311. The van der Waals surface area contributed by atoms with Crippen molar-refractivity contribution in [3.63, 3.8) is 0 Å². The zero-order valence-corrected chi connectivity index (χ0v) is 17.2. The first-order valence-corrected chi connectivity index (χ1v) is 9.84. The molecule has 1 aromatic rings. The Kier molecular flexibility index (Phi) is 10.2. The Morgan fingerprint density at radius 1 is 1.08 bits per heavy atom. The second kappa shape index (κ2) is 11.6. The van der Waals surface area contributed by atoms with Gasteiger partial charge in [-0.05, 0) is 30.5 Å². The molecule has 25 heavy (non-hydrogen) atoms. The van der Waals surface area contributed by atoms with Crippen LogP contribution in [0.5, 0.6) is 0 Å². The Morgan fingerprint density at radius 2 is 1.68 bits per heavy atom. The molecule has 0 unspecified atom stereocenters. The van der Waals surface area contributed by atoms with Crippen LogP contribution in [0.1, 0.15) is 18.4 Å². The van der Waals surface area contributed by atoms with Gasteiger partial charge in [0.05, 0.1) is 21.1 Å². The number of hydrogen-bond donors (Lipinski definition) is 0. The summed E-state index contributed by atoms with van der Waals surface area (Å²) in [5, 5.41) is 0. The van der Waals surface area contributed by atoms with Crippen molar-refractivity contribution >= 4 is 34.9 Å². The zero-order chi connectivity index (χ0) is 18.7. The molecule has 0 aliphatic rings. The molecule has 0 heterocycles. The fourth-order valence-electron chi connectivity index (χ4n) is 2.39. The lowest BCUT2D eigenvalue weighted by atomic mass is 10.1. The largest absolute Gasteiger partial charge is 0.460 e. The molecule has 0 aliphatic carbocycles. The number of carbonyl (C=O) groups is 1. The van der Waals surface area contributed by atoms with Gasteiger partial charge >= 0.3 is 5.97 Å². The highest BCUT2D eigenvalue weighted by Crippen LogP contribution is 2.17. The predicted molar refractivity (Wildman–Crippen MR) is 107 cm³/mol. The number of anilines is 1. The molecule has 1 aromatic carbocycles. The van der Waals surface area contributed by atoms with Gasteiger partial charge in [-0.2, -0.15) is 0 Å². The average molecular weight is 390 g/mol. The van der Waals surface area contributed by atoms with Crippen LogP contribution in [0.4, 0.5) is 5.69 Å². The molecule has 0 fully saturated rings. The van der Waals surface area contributed by atoms with E-state index in [0.29, 0.717) is 24.8 Å². The third-order valence-electron chi connectivity index (χ3n) is 3.88. The van der Waals surface area contributed by atoms with Gasteiger partial charge in [0.1, 0.15) is 13.2 Å². The summed E-state index contributed by atoms with van der Waals surface area (Å²) < 4.78 is 6.07. The first-order valence-electron chi connectivity index (χ1n) is 8.77. The summed E-state index contributed by atoms with van der Waals surface area (Å²) in [5.41, 5.74) is 2.35. The molecule has 4 nitrogen and oxygen atoms in total. The van der Waals surface area contributed by atoms with Crippen molar-refractivity contribution < 1.29 is 14.0 Å². The molecular formula is C19H31Cl2N2O2+. The minimum absolute atomic E-state index is 0.111. The van der Waals surface area contributed by atoms with Crippen molar-refractivity contribution in [2.24, 2.45) is 0 Å². The third kappa shape index (κ3) is 9.93. The minimum Gasteiger partial charge on any atom is -0.460 e. The van der Waals surface area contributed by atoms with Crippen LogP contribution in [0.25, 0.3) is 0 Å². The molecule has 0 aromatic heterocycles. The van der Waals surface area contributed by atoms with Crippen molar-refractivity contribution in [2.75, 3.05) is 64.0 Å². The molecule has 0 amide bonds. The Morgan fingerprint density at radius 3 is 2.20 bits per heavy atom. The maximum atomic E-state index is 11.7. The molecule has 1 rings (SSSR count). The summed E-state index contributed by atoms with van der Waals surface area (Å²) in [5.74, 6) is 1.05.